The first kappa shape index (κ1) is 22.5. The molecule has 178 valence electrons. The van der Waals surface area contributed by atoms with Gasteiger partial charge in [-0.2, -0.15) is 0 Å². The van der Waals surface area contributed by atoms with Crippen molar-refractivity contribution in [2.45, 2.75) is 25.7 Å². The van der Waals surface area contributed by atoms with Crippen molar-refractivity contribution in [3.63, 3.8) is 0 Å². The Labute approximate surface area is 201 Å². The molecule has 5 rings (SSSR count). The van der Waals surface area contributed by atoms with Gasteiger partial charge >= 0.3 is 5.69 Å². The van der Waals surface area contributed by atoms with Crippen LogP contribution in [0.5, 0.6) is 17.2 Å². The number of methoxy groups -OCH3 is 1. The van der Waals surface area contributed by atoms with Gasteiger partial charge in [0.1, 0.15) is 10.7 Å². The highest BCUT2D eigenvalue weighted by Gasteiger charge is 2.25. The van der Waals surface area contributed by atoms with Crippen molar-refractivity contribution >= 4 is 32.9 Å². The first-order valence-corrected chi connectivity index (χ1v) is 11.5. The van der Waals surface area contributed by atoms with Crippen LogP contribution in [0.4, 0.5) is 11.4 Å². The summed E-state index contributed by atoms with van der Waals surface area (Å²) < 4.78 is 11.3. The number of aryl methyl sites for hydroxylation is 2. The fraction of sp³-hybridized carbons (Fsp3) is 0.217. The van der Waals surface area contributed by atoms with Crippen LogP contribution in [0.3, 0.4) is 0 Å². The molecule has 0 unspecified atom stereocenters. The molecule has 12 heteroatoms. The van der Waals surface area contributed by atoms with Crippen LogP contribution >= 0.6 is 11.3 Å². The molecule has 0 radical (unpaired) electrons. The Morgan fingerprint density at radius 2 is 1.86 bits per heavy atom. The van der Waals surface area contributed by atoms with E-state index < -0.39 is 21.2 Å². The van der Waals surface area contributed by atoms with Gasteiger partial charge in [0.15, 0.2) is 11.5 Å². The molecule has 0 aliphatic heterocycles. The average molecular weight is 494 g/mol. The van der Waals surface area contributed by atoms with Gasteiger partial charge < -0.3 is 14.5 Å². The molecule has 1 N–H and O–H groups in total. The molecule has 0 spiro atoms. The number of aromatic nitrogens is 2. The minimum atomic E-state index is -0.764. The molecule has 0 saturated carbocycles. The normalized spacial score (nSPS) is 12.8. The molecule has 0 fully saturated rings. The summed E-state index contributed by atoms with van der Waals surface area (Å²) in [5.41, 5.74) is 0.114. The number of nitrogens with zero attached hydrogens (tertiary/aromatic N) is 3. The van der Waals surface area contributed by atoms with Crippen LogP contribution in [0.25, 0.3) is 21.6 Å². The summed E-state index contributed by atoms with van der Waals surface area (Å²) in [6, 6.07) is 8.00. The number of H-pyrrole nitrogens is 1. The van der Waals surface area contributed by atoms with Crippen molar-refractivity contribution in [3.8, 4) is 28.6 Å². The zero-order valence-corrected chi connectivity index (χ0v) is 19.2. The number of rotatable bonds is 6. The molecule has 0 amide bonds. The van der Waals surface area contributed by atoms with E-state index in [2.05, 4.69) is 9.97 Å². The Hall–Kier alpha value is -4.32. The Morgan fingerprint density at radius 1 is 1.06 bits per heavy atom. The summed E-state index contributed by atoms with van der Waals surface area (Å²) >= 11 is 1.50. The van der Waals surface area contributed by atoms with Gasteiger partial charge in [0.05, 0.1) is 34.0 Å². The molecule has 4 aromatic rings. The van der Waals surface area contributed by atoms with Gasteiger partial charge in [-0.3, -0.25) is 25.0 Å². The van der Waals surface area contributed by atoms with E-state index in [-0.39, 0.29) is 28.6 Å². The van der Waals surface area contributed by atoms with Crippen molar-refractivity contribution in [2.24, 2.45) is 0 Å². The Morgan fingerprint density at radius 3 is 2.60 bits per heavy atom. The van der Waals surface area contributed by atoms with Gasteiger partial charge in [-0.05, 0) is 49.4 Å². The van der Waals surface area contributed by atoms with Gasteiger partial charge in [0.2, 0.25) is 5.75 Å². The molecule has 0 atom stereocenters. The lowest BCUT2D eigenvalue weighted by atomic mass is 9.97. The highest BCUT2D eigenvalue weighted by Crippen LogP contribution is 2.43. The van der Waals surface area contributed by atoms with Crippen molar-refractivity contribution in [1.29, 1.82) is 0 Å². The Kier molecular flexibility index (Phi) is 5.65. The lowest BCUT2D eigenvalue weighted by molar-refractivity contribution is -0.394. The van der Waals surface area contributed by atoms with E-state index >= 15 is 0 Å². The van der Waals surface area contributed by atoms with Gasteiger partial charge in [-0.1, -0.05) is 6.07 Å². The summed E-state index contributed by atoms with van der Waals surface area (Å²) in [5.74, 6) is 0.320. The highest BCUT2D eigenvalue weighted by molar-refractivity contribution is 7.18. The van der Waals surface area contributed by atoms with Crippen LogP contribution in [0.1, 0.15) is 23.3 Å². The molecule has 1 aliphatic carbocycles. The zero-order chi connectivity index (χ0) is 24.7. The van der Waals surface area contributed by atoms with E-state index in [1.165, 1.54) is 23.3 Å². The van der Waals surface area contributed by atoms with Crippen LogP contribution in [-0.2, 0) is 12.8 Å². The van der Waals surface area contributed by atoms with Crippen molar-refractivity contribution in [2.75, 3.05) is 7.11 Å². The van der Waals surface area contributed by atoms with E-state index in [0.29, 0.717) is 15.8 Å². The van der Waals surface area contributed by atoms with Crippen molar-refractivity contribution in [3.05, 3.63) is 77.4 Å². The second-order valence-corrected chi connectivity index (χ2v) is 8.99. The number of thiophene rings is 1. The third-order valence-electron chi connectivity index (χ3n) is 5.84. The molecule has 2 heterocycles. The number of hydrogen-bond acceptors (Lipinski definition) is 9. The number of nitrogens with one attached hydrogen (secondary N) is 1. The molecule has 35 heavy (non-hydrogen) atoms. The number of benzene rings is 2. The van der Waals surface area contributed by atoms with Gasteiger partial charge in [-0.15, -0.1) is 11.3 Å². The lowest BCUT2D eigenvalue weighted by Gasteiger charge is -2.14. The number of para-hydroxylation sites is 1. The second-order valence-electron chi connectivity index (χ2n) is 7.91. The summed E-state index contributed by atoms with van der Waals surface area (Å²) in [6.07, 6.45) is 3.87. The predicted molar refractivity (Wildman–Crippen MR) is 129 cm³/mol. The maximum absolute atomic E-state index is 13.1. The van der Waals surface area contributed by atoms with Crippen LogP contribution < -0.4 is 15.0 Å². The van der Waals surface area contributed by atoms with Crippen LogP contribution in [0.15, 0.2) is 41.2 Å². The van der Waals surface area contributed by atoms with E-state index in [1.807, 2.05) is 0 Å². The molecule has 0 bridgehead atoms. The van der Waals surface area contributed by atoms with Crippen LogP contribution in [0.2, 0.25) is 0 Å². The monoisotopic (exact) mass is 494 g/mol. The maximum atomic E-state index is 13.1. The number of non-ortho nitro benzene ring substituents is 1. The van der Waals surface area contributed by atoms with Gasteiger partial charge in [0.25, 0.3) is 11.2 Å². The molecule has 1 aliphatic rings. The minimum Gasteiger partial charge on any atom is -0.493 e. The number of ether oxygens (including phenoxy) is 2. The number of fused-ring (bicyclic) bond motifs is 3. The van der Waals surface area contributed by atoms with E-state index in [9.17, 15) is 25.0 Å². The smallest absolute Gasteiger partial charge is 0.318 e. The quantitative estimate of drug-likeness (QED) is 0.286. The van der Waals surface area contributed by atoms with Gasteiger partial charge in [0, 0.05) is 10.9 Å². The fourth-order valence-electron chi connectivity index (χ4n) is 4.22. The maximum Gasteiger partial charge on any atom is 0.318 e. The third kappa shape index (κ3) is 3.97. The van der Waals surface area contributed by atoms with Crippen LogP contribution in [-0.4, -0.2) is 26.9 Å². The number of nitro benzene ring substituents is 2. The third-order valence-corrected chi connectivity index (χ3v) is 7.03. The van der Waals surface area contributed by atoms with E-state index in [1.54, 1.807) is 18.2 Å². The Bertz CT molecular complexity index is 1560. The SMILES string of the molecule is COc1cccc(-c2nc3sc4c(c3c(=O)[nH]2)CCCC4)c1Oc1ccc([N+](=O)[O-])cc1[N+](=O)[O-]. The fourth-order valence-corrected chi connectivity index (χ4v) is 5.48. The van der Waals surface area contributed by atoms with Crippen molar-refractivity contribution in [1.82, 2.24) is 9.97 Å². The average Bonchev–Trinajstić information content (AvgIpc) is 3.23. The van der Waals surface area contributed by atoms with E-state index in [4.69, 9.17) is 9.47 Å². The van der Waals surface area contributed by atoms with E-state index in [0.717, 1.165) is 49.4 Å². The summed E-state index contributed by atoms with van der Waals surface area (Å²) in [4.78, 5) is 43.5. The standard InChI is InChI=1S/C23H18N4O7S/c1-33-17-7-4-6-14(20(17)34-16-10-9-12(26(29)30)11-15(16)27(31)32)21-24-22(28)19-13-5-2-3-8-18(13)35-23(19)25-21/h4,6-7,9-11H,2-3,5,8H2,1H3,(H,24,25,28). The molecule has 2 aromatic carbocycles. The summed E-state index contributed by atoms with van der Waals surface area (Å²) in [7, 11) is 1.41. The van der Waals surface area contributed by atoms with Crippen LogP contribution in [0, 0.1) is 20.2 Å². The number of nitro groups is 2. The Balaban J connectivity index is 1.66. The lowest BCUT2D eigenvalue weighted by Crippen LogP contribution is -2.11. The molecular formula is C23H18N4O7S. The summed E-state index contributed by atoms with van der Waals surface area (Å²) in [6.45, 7) is 0. The second kappa shape index (κ2) is 8.80. The highest BCUT2D eigenvalue weighted by atomic mass is 32.1. The number of hydrogen-bond donors (Lipinski definition) is 1. The largest absolute Gasteiger partial charge is 0.493 e. The summed E-state index contributed by atoms with van der Waals surface area (Å²) in [5, 5.41) is 23.3. The first-order chi connectivity index (χ1) is 16.9. The zero-order valence-electron chi connectivity index (χ0n) is 18.4. The molecule has 0 saturated heterocycles. The molecule has 2 aromatic heterocycles. The molecule has 11 nitrogen and oxygen atoms in total. The molecular weight excluding hydrogens is 476 g/mol. The van der Waals surface area contributed by atoms with Crippen molar-refractivity contribution < 1.29 is 19.3 Å². The topological polar surface area (TPSA) is 150 Å². The number of aromatic amines is 1. The predicted octanol–water partition coefficient (Wildman–Crippen LogP) is 5.15. The minimum absolute atomic E-state index is 0.0794. The van der Waals surface area contributed by atoms with Gasteiger partial charge in [-0.25, -0.2) is 4.98 Å². The first-order valence-electron chi connectivity index (χ1n) is 10.7.